The third-order valence-electron chi connectivity index (χ3n) is 8.20. The van der Waals surface area contributed by atoms with Gasteiger partial charge in [-0.05, 0) is 99.7 Å². The average molecular weight is 426 g/mol. The van der Waals surface area contributed by atoms with Crippen molar-refractivity contribution >= 4 is 0 Å². The van der Waals surface area contributed by atoms with Crippen LogP contribution in [0.25, 0.3) is 0 Å². The van der Waals surface area contributed by atoms with Gasteiger partial charge in [-0.3, -0.25) is 0 Å². The molecule has 0 aliphatic heterocycles. The first-order valence-corrected chi connectivity index (χ1v) is 11.3. The largest absolute Gasteiger partial charge is 3.00 e. The Hall–Kier alpha value is 0.324. The molecule has 0 atom stereocenters. The van der Waals surface area contributed by atoms with Crippen molar-refractivity contribution in [2.45, 2.75) is 89.9 Å². The Kier molecular flexibility index (Phi) is 8.26. The van der Waals surface area contributed by atoms with Gasteiger partial charge in [0, 0.05) is 0 Å². The molecule has 1 aromatic carbocycles. The second-order valence-electron chi connectivity index (χ2n) is 9.64. The topological polar surface area (TPSA) is 0 Å². The number of rotatable bonds is 3. The molecule has 138 valence electrons. The van der Waals surface area contributed by atoms with Gasteiger partial charge in [0.1, 0.15) is 0 Å². The summed E-state index contributed by atoms with van der Waals surface area (Å²) in [4.78, 5) is 0. The molecular weight excluding hydrogens is 389 g/mol. The first-order chi connectivity index (χ1) is 12.3. The van der Waals surface area contributed by atoms with Gasteiger partial charge < -0.3 is 0 Å². The van der Waals surface area contributed by atoms with Gasteiger partial charge in [0.05, 0.1) is 0 Å². The number of hydrogen-bond donors (Lipinski definition) is 0. The Morgan fingerprint density at radius 1 is 0.615 bits per heavy atom. The third-order valence-corrected chi connectivity index (χ3v) is 8.20. The van der Waals surface area contributed by atoms with Crippen molar-refractivity contribution in [3.8, 4) is 0 Å². The fraction of sp³-hybridized carbons (Fsp3) is 0.760. The van der Waals surface area contributed by atoms with Gasteiger partial charge in [0.15, 0.2) is 0 Å². The number of hydrogen-bond acceptors (Lipinski definition) is 0. The maximum Gasteiger partial charge on any atom is 3.00 e. The van der Waals surface area contributed by atoms with Gasteiger partial charge in [-0.15, -0.1) is 0 Å². The molecule has 0 nitrogen and oxygen atoms in total. The SMILES string of the molecule is CC1CCC(C2CCC(C3CCC(c4cc[c-]cc4)CC3)CC2)CC1.[Y+3]. The molecule has 1 aromatic rings. The monoisotopic (exact) mass is 426 g/mol. The first kappa shape index (κ1) is 21.0. The molecule has 0 unspecified atom stereocenters. The van der Waals surface area contributed by atoms with E-state index in [1.165, 1.54) is 51.4 Å². The van der Waals surface area contributed by atoms with E-state index in [2.05, 4.69) is 37.3 Å². The Morgan fingerprint density at radius 3 is 1.46 bits per heavy atom. The average Bonchev–Trinajstić information content (AvgIpc) is 2.70. The van der Waals surface area contributed by atoms with Crippen LogP contribution in [-0.4, -0.2) is 0 Å². The zero-order valence-corrected chi connectivity index (χ0v) is 19.7. The Labute approximate surface area is 187 Å². The quantitative estimate of drug-likeness (QED) is 0.442. The van der Waals surface area contributed by atoms with Crippen molar-refractivity contribution in [1.82, 2.24) is 0 Å². The Balaban J connectivity index is 0.00000196. The summed E-state index contributed by atoms with van der Waals surface area (Å²) in [6.45, 7) is 2.46. The molecule has 3 aliphatic carbocycles. The number of benzene rings is 1. The van der Waals surface area contributed by atoms with Crippen LogP contribution in [0.4, 0.5) is 0 Å². The van der Waals surface area contributed by atoms with E-state index < -0.39 is 0 Å². The molecule has 0 radical (unpaired) electrons. The van der Waals surface area contributed by atoms with Crippen LogP contribution in [0, 0.1) is 35.7 Å². The molecule has 3 aliphatic rings. The molecule has 3 saturated carbocycles. The summed E-state index contributed by atoms with van der Waals surface area (Å²) in [7, 11) is 0. The minimum atomic E-state index is 0. The van der Waals surface area contributed by atoms with E-state index in [0.717, 1.165) is 35.5 Å². The van der Waals surface area contributed by atoms with Gasteiger partial charge >= 0.3 is 32.7 Å². The van der Waals surface area contributed by atoms with Gasteiger partial charge in [-0.2, -0.15) is 35.9 Å². The molecule has 0 heterocycles. The molecule has 0 saturated heterocycles. The smallest absolute Gasteiger partial charge is 0.184 e. The summed E-state index contributed by atoms with van der Waals surface area (Å²) in [5.41, 5.74) is 1.56. The van der Waals surface area contributed by atoms with Crippen LogP contribution in [0.3, 0.4) is 0 Å². The normalized spacial score (nSPS) is 38.3. The van der Waals surface area contributed by atoms with Crippen molar-refractivity contribution in [1.29, 1.82) is 0 Å². The predicted octanol–water partition coefficient (Wildman–Crippen LogP) is 7.39. The Morgan fingerprint density at radius 2 is 1.00 bits per heavy atom. The van der Waals surface area contributed by atoms with Crippen LogP contribution in [0.1, 0.15) is 95.5 Å². The molecule has 0 bridgehead atoms. The van der Waals surface area contributed by atoms with Gasteiger partial charge in [-0.25, -0.2) is 0 Å². The fourth-order valence-electron chi connectivity index (χ4n) is 6.44. The van der Waals surface area contributed by atoms with Crippen LogP contribution in [0.2, 0.25) is 0 Å². The van der Waals surface area contributed by atoms with Gasteiger partial charge in [0.25, 0.3) is 0 Å². The standard InChI is InChI=1S/C25H37.Y/c1-19-7-9-21(10-8-19)23-15-17-25(18-16-23)24-13-11-22(12-14-24)20-5-3-2-4-6-20;/h3-6,19,21-25H,7-18H2,1H3;/q-1;+3. The summed E-state index contributed by atoms with van der Waals surface area (Å²) in [5, 5.41) is 0. The van der Waals surface area contributed by atoms with E-state index in [1.54, 1.807) is 31.2 Å². The van der Waals surface area contributed by atoms with E-state index in [-0.39, 0.29) is 32.7 Å². The summed E-state index contributed by atoms with van der Waals surface area (Å²) >= 11 is 0. The van der Waals surface area contributed by atoms with E-state index in [1.807, 2.05) is 0 Å². The molecule has 0 spiro atoms. The van der Waals surface area contributed by atoms with E-state index in [4.69, 9.17) is 0 Å². The molecule has 1 heteroatoms. The van der Waals surface area contributed by atoms with Crippen LogP contribution in [-0.2, 0) is 32.7 Å². The molecule has 0 amide bonds. The minimum Gasteiger partial charge on any atom is -0.184 e. The maximum atomic E-state index is 3.17. The summed E-state index contributed by atoms with van der Waals surface area (Å²) in [6.07, 6.45) is 18.1. The van der Waals surface area contributed by atoms with Crippen molar-refractivity contribution in [3.63, 3.8) is 0 Å². The van der Waals surface area contributed by atoms with Crippen molar-refractivity contribution < 1.29 is 32.7 Å². The van der Waals surface area contributed by atoms with Crippen molar-refractivity contribution in [3.05, 3.63) is 35.9 Å². The first-order valence-electron chi connectivity index (χ1n) is 11.3. The van der Waals surface area contributed by atoms with E-state index in [0.29, 0.717) is 0 Å². The van der Waals surface area contributed by atoms with Crippen LogP contribution in [0.15, 0.2) is 24.3 Å². The third kappa shape index (κ3) is 5.23. The van der Waals surface area contributed by atoms with Crippen LogP contribution >= 0.6 is 0 Å². The van der Waals surface area contributed by atoms with Crippen molar-refractivity contribution in [2.24, 2.45) is 29.6 Å². The summed E-state index contributed by atoms with van der Waals surface area (Å²) in [6, 6.07) is 11.9. The second kappa shape index (κ2) is 10.2. The second-order valence-corrected chi connectivity index (χ2v) is 9.64. The molecule has 26 heavy (non-hydrogen) atoms. The zero-order valence-electron chi connectivity index (χ0n) is 16.8. The fourth-order valence-corrected chi connectivity index (χ4v) is 6.44. The van der Waals surface area contributed by atoms with Crippen LogP contribution < -0.4 is 0 Å². The Bertz CT molecular complexity index is 500. The maximum absolute atomic E-state index is 3.17. The van der Waals surface area contributed by atoms with Crippen LogP contribution in [0.5, 0.6) is 0 Å². The molecule has 4 rings (SSSR count). The molecule has 3 fully saturated rings. The summed E-state index contributed by atoms with van der Waals surface area (Å²) < 4.78 is 0. The molecule has 0 N–H and O–H groups in total. The predicted molar refractivity (Wildman–Crippen MR) is 107 cm³/mol. The van der Waals surface area contributed by atoms with Crippen molar-refractivity contribution in [2.75, 3.05) is 0 Å². The van der Waals surface area contributed by atoms with Gasteiger partial charge in [-0.1, -0.05) is 19.8 Å². The summed E-state index contributed by atoms with van der Waals surface area (Å²) in [5.74, 6) is 6.10. The van der Waals surface area contributed by atoms with E-state index in [9.17, 15) is 0 Å². The molecule has 0 aromatic heterocycles. The minimum absolute atomic E-state index is 0. The zero-order chi connectivity index (χ0) is 17.1. The molecular formula is C25H37Y+2. The van der Waals surface area contributed by atoms with E-state index >= 15 is 0 Å². The van der Waals surface area contributed by atoms with Gasteiger partial charge in [0.2, 0.25) is 0 Å².